The third-order valence-electron chi connectivity index (χ3n) is 3.96. The number of aryl methyl sites for hydroxylation is 1. The number of ether oxygens (including phenoxy) is 1. The predicted octanol–water partition coefficient (Wildman–Crippen LogP) is 3.79. The van der Waals surface area contributed by atoms with Crippen LogP contribution in [0, 0.1) is 6.92 Å². The van der Waals surface area contributed by atoms with Crippen molar-refractivity contribution < 1.29 is 4.74 Å². The van der Waals surface area contributed by atoms with Gasteiger partial charge in [0.15, 0.2) is 0 Å². The van der Waals surface area contributed by atoms with Crippen LogP contribution < -0.4 is 10.1 Å². The second-order valence-corrected chi connectivity index (χ2v) is 6.21. The second-order valence-electron chi connectivity index (χ2n) is 5.80. The van der Waals surface area contributed by atoms with E-state index in [-0.39, 0.29) is 5.54 Å². The molecule has 1 unspecified atom stereocenters. The van der Waals surface area contributed by atoms with Crippen LogP contribution in [0.4, 0.5) is 0 Å². The molecule has 1 aromatic rings. The summed E-state index contributed by atoms with van der Waals surface area (Å²) in [5, 5.41) is 4.36. The molecule has 0 amide bonds. The minimum Gasteiger partial charge on any atom is -0.489 e. The summed E-state index contributed by atoms with van der Waals surface area (Å²) in [6.07, 6.45) is 5.06. The lowest BCUT2D eigenvalue weighted by atomic mass is 9.88. The van der Waals surface area contributed by atoms with Crippen LogP contribution in [0.5, 0.6) is 5.75 Å². The lowest BCUT2D eigenvalue weighted by Gasteiger charge is -2.28. The molecule has 2 nitrogen and oxygen atoms in total. The third kappa shape index (κ3) is 2.24. The lowest BCUT2D eigenvalue weighted by molar-refractivity contribution is 0.288. The maximum Gasteiger partial charge on any atom is 0.143 e. The van der Waals surface area contributed by atoms with Crippen LogP contribution in [0.15, 0.2) is 12.1 Å². The molecule has 0 bridgehead atoms. The van der Waals surface area contributed by atoms with Gasteiger partial charge in [0, 0.05) is 11.1 Å². The molecule has 98 valence electrons. The summed E-state index contributed by atoms with van der Waals surface area (Å²) in [5.41, 5.74) is 2.45. The van der Waals surface area contributed by atoms with E-state index >= 15 is 0 Å². The average Bonchev–Trinajstić information content (AvgIpc) is 3.03. The molecular weight excluding hydrogens is 246 g/mol. The highest BCUT2D eigenvalue weighted by molar-refractivity contribution is 6.32. The largest absolute Gasteiger partial charge is 0.489 e. The van der Waals surface area contributed by atoms with Crippen molar-refractivity contribution in [3.63, 3.8) is 0 Å². The molecule has 1 N–H and O–H groups in total. The molecule has 1 heterocycles. The lowest BCUT2D eigenvalue weighted by Crippen LogP contribution is -2.33. The maximum absolute atomic E-state index is 6.39. The first-order chi connectivity index (χ1) is 8.58. The number of rotatable bonds is 3. The van der Waals surface area contributed by atoms with Crippen LogP contribution in [0.2, 0.25) is 5.02 Å². The van der Waals surface area contributed by atoms with Gasteiger partial charge in [0.2, 0.25) is 0 Å². The minimum absolute atomic E-state index is 0.0138. The van der Waals surface area contributed by atoms with Crippen molar-refractivity contribution in [1.29, 1.82) is 0 Å². The quantitative estimate of drug-likeness (QED) is 0.898. The molecule has 1 aliphatic carbocycles. The molecule has 0 aromatic heterocycles. The summed E-state index contributed by atoms with van der Waals surface area (Å²) < 4.78 is 6.05. The molecule has 1 saturated heterocycles. The zero-order chi connectivity index (χ0) is 12.8. The van der Waals surface area contributed by atoms with Gasteiger partial charge in [0.1, 0.15) is 5.75 Å². The molecule has 2 aliphatic rings. The van der Waals surface area contributed by atoms with Crippen LogP contribution in [0.1, 0.15) is 43.7 Å². The Kier molecular flexibility index (Phi) is 3.03. The molecule has 0 spiro atoms. The van der Waals surface area contributed by atoms with Gasteiger partial charge in [-0.3, -0.25) is 0 Å². The number of benzene rings is 1. The summed E-state index contributed by atoms with van der Waals surface area (Å²) in [6.45, 7) is 5.42. The van der Waals surface area contributed by atoms with Crippen LogP contribution >= 0.6 is 11.6 Å². The normalized spacial score (nSPS) is 27.5. The topological polar surface area (TPSA) is 21.3 Å². The van der Waals surface area contributed by atoms with E-state index in [0.717, 1.165) is 36.6 Å². The summed E-state index contributed by atoms with van der Waals surface area (Å²) in [7, 11) is 0. The van der Waals surface area contributed by atoms with Crippen LogP contribution in [0.3, 0.4) is 0 Å². The first-order valence-corrected chi connectivity index (χ1v) is 7.19. The monoisotopic (exact) mass is 265 g/mol. The van der Waals surface area contributed by atoms with Gasteiger partial charge in [-0.25, -0.2) is 0 Å². The van der Waals surface area contributed by atoms with Gasteiger partial charge < -0.3 is 10.1 Å². The van der Waals surface area contributed by atoms with Crippen molar-refractivity contribution in [3.05, 3.63) is 28.3 Å². The molecule has 0 radical (unpaired) electrons. The van der Waals surface area contributed by atoms with Crippen LogP contribution in [0.25, 0.3) is 0 Å². The highest BCUT2D eigenvalue weighted by Gasteiger charge is 2.35. The molecule has 1 aliphatic heterocycles. The van der Waals surface area contributed by atoms with Crippen molar-refractivity contribution in [2.75, 3.05) is 6.54 Å². The predicted molar refractivity (Wildman–Crippen MR) is 74.4 cm³/mol. The van der Waals surface area contributed by atoms with Gasteiger partial charge in [-0.1, -0.05) is 17.7 Å². The van der Waals surface area contributed by atoms with Crippen LogP contribution in [-0.2, 0) is 5.54 Å². The van der Waals surface area contributed by atoms with Gasteiger partial charge >= 0.3 is 0 Å². The van der Waals surface area contributed by atoms with E-state index in [2.05, 4.69) is 25.2 Å². The fourth-order valence-corrected chi connectivity index (χ4v) is 3.05. The Bertz CT molecular complexity index is 462. The Hall–Kier alpha value is -0.730. The first-order valence-electron chi connectivity index (χ1n) is 6.81. The Morgan fingerprint density at radius 1 is 1.39 bits per heavy atom. The number of halogens is 1. The highest BCUT2D eigenvalue weighted by atomic mass is 35.5. The summed E-state index contributed by atoms with van der Waals surface area (Å²) in [4.78, 5) is 0. The summed E-state index contributed by atoms with van der Waals surface area (Å²) in [5.74, 6) is 0.904. The number of hydrogen-bond donors (Lipinski definition) is 1. The fraction of sp³-hybridized carbons (Fsp3) is 0.600. The Labute approximate surface area is 114 Å². The van der Waals surface area contributed by atoms with Crippen molar-refractivity contribution in [2.24, 2.45) is 0 Å². The molecule has 18 heavy (non-hydrogen) atoms. The molecule has 1 aromatic carbocycles. The zero-order valence-corrected chi connectivity index (χ0v) is 11.8. The SMILES string of the molecule is Cc1cc(Cl)c(OC2CC2)c(C2(C)CCCN2)c1. The van der Waals surface area contributed by atoms with Gasteiger partial charge in [-0.2, -0.15) is 0 Å². The van der Waals surface area contributed by atoms with Crippen molar-refractivity contribution >= 4 is 11.6 Å². The van der Waals surface area contributed by atoms with Crippen molar-refractivity contribution in [2.45, 2.75) is 51.2 Å². The average molecular weight is 266 g/mol. The molecule has 1 atom stereocenters. The molecule has 2 fully saturated rings. The minimum atomic E-state index is 0.0138. The number of hydrogen-bond acceptors (Lipinski definition) is 2. The van der Waals surface area contributed by atoms with E-state index in [4.69, 9.17) is 16.3 Å². The van der Waals surface area contributed by atoms with Gasteiger partial charge in [0.05, 0.1) is 11.1 Å². The van der Waals surface area contributed by atoms with Crippen LogP contribution in [-0.4, -0.2) is 12.6 Å². The fourth-order valence-electron chi connectivity index (χ4n) is 2.74. The van der Waals surface area contributed by atoms with E-state index in [1.165, 1.54) is 17.5 Å². The first kappa shape index (κ1) is 12.3. The smallest absolute Gasteiger partial charge is 0.143 e. The van der Waals surface area contributed by atoms with Gasteiger partial charge in [0.25, 0.3) is 0 Å². The molecule has 1 saturated carbocycles. The Morgan fingerprint density at radius 2 is 2.17 bits per heavy atom. The van der Waals surface area contributed by atoms with Gasteiger partial charge in [-0.15, -0.1) is 0 Å². The molecular formula is C15H20ClNO. The third-order valence-corrected chi connectivity index (χ3v) is 4.24. The van der Waals surface area contributed by atoms with E-state index in [9.17, 15) is 0 Å². The highest BCUT2D eigenvalue weighted by Crippen LogP contribution is 2.43. The summed E-state index contributed by atoms with van der Waals surface area (Å²) in [6, 6.07) is 4.23. The zero-order valence-electron chi connectivity index (χ0n) is 11.1. The molecule has 3 rings (SSSR count). The van der Waals surface area contributed by atoms with E-state index < -0.39 is 0 Å². The standard InChI is InChI=1S/C15H20ClNO/c1-10-8-12(15(2)6-3-7-17-15)14(13(16)9-10)18-11-4-5-11/h8-9,11,17H,3-7H2,1-2H3. The van der Waals surface area contributed by atoms with E-state index in [1.54, 1.807) is 0 Å². The van der Waals surface area contributed by atoms with Crippen molar-refractivity contribution in [3.8, 4) is 5.75 Å². The van der Waals surface area contributed by atoms with E-state index in [0.29, 0.717) is 6.10 Å². The second kappa shape index (κ2) is 4.43. The summed E-state index contributed by atoms with van der Waals surface area (Å²) >= 11 is 6.39. The van der Waals surface area contributed by atoms with E-state index in [1.807, 2.05) is 6.07 Å². The van der Waals surface area contributed by atoms with Gasteiger partial charge in [-0.05, 0) is 57.7 Å². The maximum atomic E-state index is 6.39. The Balaban J connectivity index is 2.04. The number of nitrogens with one attached hydrogen (secondary N) is 1. The van der Waals surface area contributed by atoms with Crippen molar-refractivity contribution in [1.82, 2.24) is 5.32 Å². The molecule has 3 heteroatoms. The Morgan fingerprint density at radius 3 is 2.78 bits per heavy atom.